The first-order chi connectivity index (χ1) is 16.3. The van der Waals surface area contributed by atoms with Gasteiger partial charge in [-0.15, -0.1) is 0 Å². The number of carbonyl (C=O) groups excluding carboxylic acids is 2. The summed E-state index contributed by atoms with van der Waals surface area (Å²) in [6.07, 6.45) is 1.16. The van der Waals surface area contributed by atoms with Crippen molar-refractivity contribution in [3.8, 4) is 23.1 Å². The second-order valence-electron chi connectivity index (χ2n) is 8.32. The highest BCUT2D eigenvalue weighted by Crippen LogP contribution is 2.34. The summed E-state index contributed by atoms with van der Waals surface area (Å²) < 4.78 is 34.9. The maximum Gasteiger partial charge on any atom is 0.301 e. The molecule has 0 radical (unpaired) electrons. The Morgan fingerprint density at radius 1 is 1.26 bits per heavy atom. The van der Waals surface area contributed by atoms with Gasteiger partial charge in [0.15, 0.2) is 6.10 Å². The van der Waals surface area contributed by atoms with Gasteiger partial charge < -0.3 is 20.1 Å². The van der Waals surface area contributed by atoms with Gasteiger partial charge in [0.2, 0.25) is 11.8 Å². The molecule has 178 valence electrons. The van der Waals surface area contributed by atoms with E-state index in [9.17, 15) is 23.6 Å². The van der Waals surface area contributed by atoms with E-state index in [0.29, 0.717) is 17.1 Å². The molecule has 11 heteroatoms. The third-order valence-electron chi connectivity index (χ3n) is 5.74. The first-order valence-electron chi connectivity index (χ1n) is 10.9. The Labute approximate surface area is 194 Å². The number of aliphatic hydroxyl groups is 1. The Morgan fingerprint density at radius 2 is 2.06 bits per heavy atom. The number of rotatable bonds is 7. The van der Waals surface area contributed by atoms with Gasteiger partial charge in [0.25, 0.3) is 0 Å². The molecule has 0 bridgehead atoms. The van der Waals surface area contributed by atoms with Crippen LogP contribution in [0.1, 0.15) is 31.2 Å². The van der Waals surface area contributed by atoms with E-state index in [0.717, 1.165) is 17.7 Å². The molecule has 0 unspecified atom stereocenters. The molecular formula is C23H23F2N5O4. The molecule has 0 spiro atoms. The molecule has 1 atom stereocenters. The van der Waals surface area contributed by atoms with E-state index >= 15 is 0 Å². The van der Waals surface area contributed by atoms with Gasteiger partial charge in [-0.1, -0.05) is 0 Å². The molecule has 2 heterocycles. The lowest BCUT2D eigenvalue weighted by molar-refractivity contribution is -0.160. The Balaban J connectivity index is 1.48. The molecule has 1 saturated carbocycles. The SMILES string of the molecule is N#Cc1cc(-c2cc(NC(=O)C3CC3)ncn2)ccc1O[C@H]1CCN(C(=O)CCO)CC1(F)F. The Bertz CT molecular complexity index is 1130. The van der Waals surface area contributed by atoms with Crippen molar-refractivity contribution in [2.45, 2.75) is 37.7 Å². The van der Waals surface area contributed by atoms with E-state index < -0.39 is 31.1 Å². The molecule has 1 aromatic heterocycles. The van der Waals surface area contributed by atoms with Gasteiger partial charge in [-0.05, 0) is 31.0 Å². The summed E-state index contributed by atoms with van der Waals surface area (Å²) in [4.78, 5) is 33.1. The molecule has 1 aliphatic carbocycles. The van der Waals surface area contributed by atoms with Gasteiger partial charge in [0, 0.05) is 36.9 Å². The van der Waals surface area contributed by atoms with Crippen molar-refractivity contribution in [2.75, 3.05) is 25.0 Å². The summed E-state index contributed by atoms with van der Waals surface area (Å²) >= 11 is 0. The zero-order chi connectivity index (χ0) is 24.3. The number of hydrogen-bond donors (Lipinski definition) is 2. The highest BCUT2D eigenvalue weighted by atomic mass is 19.3. The molecule has 1 saturated heterocycles. The fourth-order valence-corrected chi connectivity index (χ4v) is 3.72. The smallest absolute Gasteiger partial charge is 0.301 e. The Hall–Kier alpha value is -3.65. The van der Waals surface area contributed by atoms with Crippen LogP contribution in [0.2, 0.25) is 0 Å². The van der Waals surface area contributed by atoms with E-state index in [2.05, 4.69) is 15.3 Å². The van der Waals surface area contributed by atoms with Crippen LogP contribution in [0.15, 0.2) is 30.6 Å². The van der Waals surface area contributed by atoms with Crippen molar-refractivity contribution >= 4 is 17.6 Å². The number of nitrogens with zero attached hydrogens (tertiary/aromatic N) is 4. The molecule has 2 fully saturated rings. The van der Waals surface area contributed by atoms with Gasteiger partial charge in [0.05, 0.1) is 24.4 Å². The largest absolute Gasteiger partial charge is 0.483 e. The van der Waals surface area contributed by atoms with E-state index in [4.69, 9.17) is 9.84 Å². The second kappa shape index (κ2) is 9.69. The zero-order valence-electron chi connectivity index (χ0n) is 18.2. The fraction of sp³-hybridized carbons (Fsp3) is 0.435. The summed E-state index contributed by atoms with van der Waals surface area (Å²) in [7, 11) is 0. The number of carbonyl (C=O) groups is 2. The molecule has 2 N–H and O–H groups in total. The number of benzene rings is 1. The predicted molar refractivity (Wildman–Crippen MR) is 116 cm³/mol. The van der Waals surface area contributed by atoms with Gasteiger partial charge in [-0.25, -0.2) is 18.7 Å². The van der Waals surface area contributed by atoms with Crippen LogP contribution in [0.4, 0.5) is 14.6 Å². The van der Waals surface area contributed by atoms with Crippen molar-refractivity contribution in [3.63, 3.8) is 0 Å². The molecule has 2 aromatic rings. The van der Waals surface area contributed by atoms with Crippen molar-refractivity contribution < 1.29 is 28.2 Å². The van der Waals surface area contributed by atoms with E-state index in [1.165, 1.54) is 18.5 Å². The minimum absolute atomic E-state index is 0.00220. The van der Waals surface area contributed by atoms with Crippen LogP contribution in [0.25, 0.3) is 11.3 Å². The summed E-state index contributed by atoms with van der Waals surface area (Å²) in [5, 5.41) is 21.2. The standard InChI is InChI=1S/C23H23F2N5O4/c24-23(25)12-30(21(32)6-8-31)7-5-19(23)34-18-4-3-15(9-16(18)11-26)17-10-20(28-13-27-17)29-22(33)14-1-2-14/h3-4,9-10,13-14,19,31H,1-2,5-8,12H2,(H,27,28,29,33)/t19-/m0/s1. The van der Waals surface area contributed by atoms with E-state index in [1.807, 2.05) is 6.07 Å². The normalized spacial score (nSPS) is 19.2. The van der Waals surface area contributed by atoms with Crippen LogP contribution in [-0.4, -0.2) is 63.5 Å². The molecular weight excluding hydrogens is 448 g/mol. The average Bonchev–Trinajstić information content (AvgIpc) is 3.66. The van der Waals surface area contributed by atoms with Crippen molar-refractivity contribution in [1.82, 2.24) is 14.9 Å². The number of hydrogen-bond acceptors (Lipinski definition) is 7. The van der Waals surface area contributed by atoms with E-state index in [-0.39, 0.29) is 42.5 Å². The van der Waals surface area contributed by atoms with Crippen molar-refractivity contribution in [2.24, 2.45) is 5.92 Å². The molecule has 1 aromatic carbocycles. The monoisotopic (exact) mass is 471 g/mol. The second-order valence-corrected chi connectivity index (χ2v) is 8.32. The highest BCUT2D eigenvalue weighted by Gasteiger charge is 2.47. The minimum Gasteiger partial charge on any atom is -0.483 e. The van der Waals surface area contributed by atoms with Gasteiger partial charge in [-0.2, -0.15) is 5.26 Å². The number of amides is 2. The van der Waals surface area contributed by atoms with Crippen LogP contribution >= 0.6 is 0 Å². The summed E-state index contributed by atoms with van der Waals surface area (Å²) in [6, 6.07) is 8.02. The molecule has 2 amide bonds. The van der Waals surface area contributed by atoms with Crippen LogP contribution in [0, 0.1) is 17.2 Å². The number of likely N-dealkylation sites (tertiary alicyclic amines) is 1. The van der Waals surface area contributed by atoms with Crippen molar-refractivity contribution in [1.29, 1.82) is 5.26 Å². The average molecular weight is 471 g/mol. The Kier molecular flexibility index (Phi) is 6.70. The fourth-order valence-electron chi connectivity index (χ4n) is 3.72. The van der Waals surface area contributed by atoms with E-state index in [1.54, 1.807) is 12.1 Å². The van der Waals surface area contributed by atoms with Gasteiger partial charge >= 0.3 is 5.92 Å². The van der Waals surface area contributed by atoms with Crippen LogP contribution in [0.3, 0.4) is 0 Å². The molecule has 34 heavy (non-hydrogen) atoms. The predicted octanol–water partition coefficient (Wildman–Crippen LogP) is 2.36. The summed E-state index contributed by atoms with van der Waals surface area (Å²) in [5.74, 6) is -3.62. The number of aromatic nitrogens is 2. The Morgan fingerprint density at radius 3 is 2.74 bits per heavy atom. The minimum atomic E-state index is -3.32. The lowest BCUT2D eigenvalue weighted by atomic mass is 10.0. The first-order valence-corrected chi connectivity index (χ1v) is 10.9. The number of ether oxygens (including phenoxy) is 1. The van der Waals surface area contributed by atoms with Crippen molar-refractivity contribution in [3.05, 3.63) is 36.2 Å². The molecule has 1 aliphatic heterocycles. The highest BCUT2D eigenvalue weighted by molar-refractivity contribution is 5.93. The lowest BCUT2D eigenvalue weighted by Crippen LogP contribution is -2.55. The maximum atomic E-state index is 14.7. The van der Waals surface area contributed by atoms with Gasteiger partial charge in [-0.3, -0.25) is 9.59 Å². The number of anilines is 1. The van der Waals surface area contributed by atoms with Crippen LogP contribution in [-0.2, 0) is 9.59 Å². The third-order valence-corrected chi connectivity index (χ3v) is 5.74. The third kappa shape index (κ3) is 5.28. The number of alkyl halides is 2. The number of piperidine rings is 1. The summed E-state index contributed by atoms with van der Waals surface area (Å²) in [6.45, 7) is -1.15. The number of nitrogens with one attached hydrogen (secondary N) is 1. The number of halogens is 2. The number of nitriles is 1. The molecule has 9 nitrogen and oxygen atoms in total. The zero-order valence-corrected chi connectivity index (χ0v) is 18.2. The maximum absolute atomic E-state index is 14.7. The quantitative estimate of drug-likeness (QED) is 0.634. The molecule has 2 aliphatic rings. The lowest BCUT2D eigenvalue weighted by Gasteiger charge is -2.38. The van der Waals surface area contributed by atoms with Crippen LogP contribution in [0.5, 0.6) is 5.75 Å². The first kappa shape index (κ1) is 23.5. The topological polar surface area (TPSA) is 128 Å². The van der Waals surface area contributed by atoms with Crippen LogP contribution < -0.4 is 10.1 Å². The molecule has 4 rings (SSSR count). The van der Waals surface area contributed by atoms with Gasteiger partial charge in [0.1, 0.15) is 24.0 Å². The summed E-state index contributed by atoms with van der Waals surface area (Å²) in [5.41, 5.74) is 1.03. The number of aliphatic hydroxyl groups excluding tert-OH is 1.